The summed E-state index contributed by atoms with van der Waals surface area (Å²) in [6.45, 7) is 3.11. The fourth-order valence-corrected chi connectivity index (χ4v) is 3.72. The Kier molecular flexibility index (Phi) is 6.93. The van der Waals surface area contributed by atoms with Crippen LogP contribution in [0.3, 0.4) is 0 Å². The average Bonchev–Trinajstić information content (AvgIpc) is 2.83. The maximum atomic E-state index is 11.9. The summed E-state index contributed by atoms with van der Waals surface area (Å²) in [7, 11) is 0. The summed E-state index contributed by atoms with van der Waals surface area (Å²) in [5, 5.41) is 6.40. The van der Waals surface area contributed by atoms with E-state index in [0.717, 1.165) is 33.3 Å². The average molecular weight is 446 g/mol. The van der Waals surface area contributed by atoms with E-state index in [-0.39, 0.29) is 5.97 Å². The minimum Gasteiger partial charge on any atom is -0.488 e. The molecular weight excluding hydrogens is 422 g/mol. The van der Waals surface area contributed by atoms with Gasteiger partial charge in [-0.15, -0.1) is 0 Å². The maximum absolute atomic E-state index is 11.9. The number of rotatable bonds is 8. The van der Waals surface area contributed by atoms with Crippen LogP contribution in [0.1, 0.15) is 28.4 Å². The van der Waals surface area contributed by atoms with E-state index in [1.807, 2.05) is 54.6 Å². The molecule has 0 saturated heterocycles. The third kappa shape index (κ3) is 5.04. The quantitative estimate of drug-likeness (QED) is 0.301. The predicted octanol–water partition coefficient (Wildman–Crippen LogP) is 6.86. The van der Waals surface area contributed by atoms with Crippen molar-refractivity contribution in [2.45, 2.75) is 20.1 Å². The van der Waals surface area contributed by atoms with Gasteiger partial charge in [0, 0.05) is 28.4 Å². The molecule has 0 spiro atoms. The fourth-order valence-electron chi connectivity index (χ4n) is 3.53. The number of benzene rings is 4. The monoisotopic (exact) mass is 445 g/mol. The Labute approximate surface area is 192 Å². The lowest BCUT2D eigenvalue weighted by atomic mass is 10.0. The van der Waals surface area contributed by atoms with Crippen LogP contribution in [0.4, 0.5) is 5.69 Å². The van der Waals surface area contributed by atoms with Gasteiger partial charge in [0.05, 0.1) is 12.2 Å². The van der Waals surface area contributed by atoms with E-state index in [4.69, 9.17) is 21.1 Å². The van der Waals surface area contributed by atoms with Crippen LogP contribution in [0, 0.1) is 0 Å². The summed E-state index contributed by atoms with van der Waals surface area (Å²) in [6.07, 6.45) is 0. The molecule has 162 valence electrons. The smallest absolute Gasteiger partial charge is 0.338 e. The topological polar surface area (TPSA) is 47.6 Å². The molecule has 0 aliphatic heterocycles. The SMILES string of the molecule is CCOC(=O)c1ccc(NCc2c(OCc3ccccc3Cl)ccc3ccccc23)cc1. The second-order valence-corrected chi connectivity index (χ2v) is 7.70. The van der Waals surface area contributed by atoms with Gasteiger partial charge in [-0.25, -0.2) is 4.79 Å². The number of esters is 1. The summed E-state index contributed by atoms with van der Waals surface area (Å²) < 4.78 is 11.2. The molecule has 0 amide bonds. The first-order valence-corrected chi connectivity index (χ1v) is 10.9. The number of carbonyl (C=O) groups excluding carboxylic acids is 1. The zero-order valence-electron chi connectivity index (χ0n) is 17.8. The number of halogens is 1. The van der Waals surface area contributed by atoms with Crippen molar-refractivity contribution in [3.05, 3.63) is 107 Å². The molecule has 1 N–H and O–H groups in total. The van der Waals surface area contributed by atoms with Crippen LogP contribution in [0.5, 0.6) is 5.75 Å². The molecule has 0 radical (unpaired) electrons. The van der Waals surface area contributed by atoms with Crippen LogP contribution in [-0.4, -0.2) is 12.6 Å². The van der Waals surface area contributed by atoms with Gasteiger partial charge >= 0.3 is 5.97 Å². The molecule has 0 bridgehead atoms. The van der Waals surface area contributed by atoms with Gasteiger partial charge in [0.2, 0.25) is 0 Å². The number of nitrogens with one attached hydrogen (secondary N) is 1. The minimum absolute atomic E-state index is 0.316. The molecule has 0 atom stereocenters. The van der Waals surface area contributed by atoms with E-state index in [0.29, 0.717) is 30.3 Å². The number of hydrogen-bond donors (Lipinski definition) is 1. The number of carbonyl (C=O) groups is 1. The van der Waals surface area contributed by atoms with Crippen molar-refractivity contribution in [2.75, 3.05) is 11.9 Å². The summed E-state index contributed by atoms with van der Waals surface area (Å²) in [5.41, 5.74) is 3.44. The first kappa shape index (κ1) is 21.7. The predicted molar refractivity (Wildman–Crippen MR) is 129 cm³/mol. The lowest BCUT2D eigenvalue weighted by molar-refractivity contribution is 0.0526. The Bertz CT molecular complexity index is 1220. The van der Waals surface area contributed by atoms with Crippen LogP contribution in [0.15, 0.2) is 84.9 Å². The number of hydrogen-bond acceptors (Lipinski definition) is 4. The third-order valence-electron chi connectivity index (χ3n) is 5.20. The second-order valence-electron chi connectivity index (χ2n) is 7.29. The van der Waals surface area contributed by atoms with Crippen LogP contribution >= 0.6 is 11.6 Å². The van der Waals surface area contributed by atoms with E-state index < -0.39 is 0 Å². The zero-order chi connectivity index (χ0) is 22.3. The van der Waals surface area contributed by atoms with E-state index in [2.05, 4.69) is 23.5 Å². The summed E-state index contributed by atoms with van der Waals surface area (Å²) in [6, 6.07) is 27.3. The van der Waals surface area contributed by atoms with Crippen molar-refractivity contribution in [2.24, 2.45) is 0 Å². The van der Waals surface area contributed by atoms with Crippen molar-refractivity contribution in [1.82, 2.24) is 0 Å². The largest absolute Gasteiger partial charge is 0.488 e. The summed E-state index contributed by atoms with van der Waals surface area (Å²) in [5.74, 6) is 0.489. The highest BCUT2D eigenvalue weighted by atomic mass is 35.5. The Morgan fingerprint density at radius 1 is 0.906 bits per heavy atom. The maximum Gasteiger partial charge on any atom is 0.338 e. The molecule has 0 aliphatic rings. The van der Waals surface area contributed by atoms with E-state index in [9.17, 15) is 4.79 Å². The molecular formula is C27H24ClNO3. The van der Waals surface area contributed by atoms with Crippen molar-refractivity contribution in [3.63, 3.8) is 0 Å². The highest BCUT2D eigenvalue weighted by Crippen LogP contribution is 2.30. The molecule has 0 aliphatic carbocycles. The van der Waals surface area contributed by atoms with E-state index >= 15 is 0 Å². The molecule has 5 heteroatoms. The Morgan fingerprint density at radius 2 is 1.66 bits per heavy atom. The standard InChI is InChI=1S/C27H24ClNO3/c1-2-31-27(30)20-11-14-22(15-12-20)29-17-24-23-9-5-3-7-19(23)13-16-26(24)32-18-21-8-4-6-10-25(21)28/h3-16,29H,2,17-18H2,1H3. The molecule has 4 aromatic carbocycles. The summed E-state index contributed by atoms with van der Waals surface area (Å²) in [4.78, 5) is 11.9. The van der Waals surface area contributed by atoms with Gasteiger partial charge in [-0.2, -0.15) is 0 Å². The molecule has 32 heavy (non-hydrogen) atoms. The van der Waals surface area contributed by atoms with Gasteiger partial charge in [-0.1, -0.05) is 60.1 Å². The van der Waals surface area contributed by atoms with Crippen molar-refractivity contribution in [1.29, 1.82) is 0 Å². The van der Waals surface area contributed by atoms with Gasteiger partial charge in [0.15, 0.2) is 0 Å². The Hall–Kier alpha value is -3.50. The van der Waals surface area contributed by atoms with Crippen LogP contribution in [0.25, 0.3) is 10.8 Å². The van der Waals surface area contributed by atoms with Gasteiger partial charge in [-0.05, 0) is 54.1 Å². The number of fused-ring (bicyclic) bond motifs is 1. The summed E-state index contributed by atoms with van der Waals surface area (Å²) >= 11 is 6.30. The molecule has 4 rings (SSSR count). The van der Waals surface area contributed by atoms with Crippen LogP contribution in [-0.2, 0) is 17.9 Å². The number of ether oxygens (including phenoxy) is 2. The van der Waals surface area contributed by atoms with Crippen molar-refractivity contribution < 1.29 is 14.3 Å². The van der Waals surface area contributed by atoms with Gasteiger partial charge in [-0.3, -0.25) is 0 Å². The van der Waals surface area contributed by atoms with Crippen molar-refractivity contribution >= 4 is 34.0 Å². The molecule has 4 aromatic rings. The van der Waals surface area contributed by atoms with E-state index in [1.54, 1.807) is 19.1 Å². The molecule has 0 heterocycles. The van der Waals surface area contributed by atoms with Gasteiger partial charge in [0.25, 0.3) is 0 Å². The van der Waals surface area contributed by atoms with Gasteiger partial charge in [0.1, 0.15) is 12.4 Å². The molecule has 0 fully saturated rings. The highest BCUT2D eigenvalue weighted by Gasteiger charge is 2.11. The molecule has 0 aromatic heterocycles. The van der Waals surface area contributed by atoms with Gasteiger partial charge < -0.3 is 14.8 Å². The molecule has 0 unspecified atom stereocenters. The van der Waals surface area contributed by atoms with Crippen LogP contribution in [0.2, 0.25) is 5.02 Å². The minimum atomic E-state index is -0.316. The highest BCUT2D eigenvalue weighted by molar-refractivity contribution is 6.31. The zero-order valence-corrected chi connectivity index (χ0v) is 18.6. The normalized spacial score (nSPS) is 10.7. The van der Waals surface area contributed by atoms with E-state index in [1.165, 1.54) is 0 Å². The fraction of sp³-hybridized carbons (Fsp3) is 0.148. The lowest BCUT2D eigenvalue weighted by Crippen LogP contribution is -2.06. The Balaban J connectivity index is 1.55. The molecule has 4 nitrogen and oxygen atoms in total. The first-order valence-electron chi connectivity index (χ1n) is 10.5. The molecule has 0 saturated carbocycles. The Morgan fingerprint density at radius 3 is 2.44 bits per heavy atom. The van der Waals surface area contributed by atoms with Crippen molar-refractivity contribution in [3.8, 4) is 5.75 Å². The number of anilines is 1. The first-order chi connectivity index (χ1) is 15.7. The lowest BCUT2D eigenvalue weighted by Gasteiger charge is -2.16. The van der Waals surface area contributed by atoms with Crippen LogP contribution < -0.4 is 10.1 Å². The second kappa shape index (κ2) is 10.2. The third-order valence-corrected chi connectivity index (χ3v) is 5.57.